The first-order chi connectivity index (χ1) is 10.3. The highest BCUT2D eigenvalue weighted by Crippen LogP contribution is 2.41. The average Bonchev–Trinajstić information content (AvgIpc) is 3.26. The molecular formula is C18H27N3. The van der Waals surface area contributed by atoms with Crippen LogP contribution in [0.25, 0.3) is 11.0 Å². The highest BCUT2D eigenvalue weighted by molar-refractivity contribution is 5.77. The maximum absolute atomic E-state index is 5.78. The maximum Gasteiger partial charge on any atom is 0.113 e. The Bertz CT molecular complexity index is 604. The Kier molecular flexibility index (Phi) is 4.29. The van der Waals surface area contributed by atoms with Crippen molar-refractivity contribution in [3.63, 3.8) is 0 Å². The minimum Gasteiger partial charge on any atom is -0.326 e. The van der Waals surface area contributed by atoms with Gasteiger partial charge in [-0.25, -0.2) is 4.98 Å². The van der Waals surface area contributed by atoms with Crippen LogP contribution in [0.3, 0.4) is 0 Å². The Balaban J connectivity index is 2.08. The van der Waals surface area contributed by atoms with E-state index in [9.17, 15) is 0 Å². The molecule has 114 valence electrons. The van der Waals surface area contributed by atoms with E-state index in [4.69, 9.17) is 10.7 Å². The van der Waals surface area contributed by atoms with Gasteiger partial charge in [0.15, 0.2) is 0 Å². The molecule has 0 atom stereocenters. The topological polar surface area (TPSA) is 43.8 Å². The van der Waals surface area contributed by atoms with Gasteiger partial charge in [-0.2, -0.15) is 0 Å². The molecule has 1 aliphatic rings. The molecular weight excluding hydrogens is 258 g/mol. The van der Waals surface area contributed by atoms with E-state index in [0.717, 1.165) is 5.52 Å². The number of hydrogen-bond acceptors (Lipinski definition) is 2. The van der Waals surface area contributed by atoms with Crippen LogP contribution in [0.5, 0.6) is 0 Å². The summed E-state index contributed by atoms with van der Waals surface area (Å²) < 4.78 is 2.53. The summed E-state index contributed by atoms with van der Waals surface area (Å²) >= 11 is 0. The lowest BCUT2D eigenvalue weighted by Gasteiger charge is -2.17. The van der Waals surface area contributed by atoms with Crippen LogP contribution in [0.2, 0.25) is 0 Å². The van der Waals surface area contributed by atoms with E-state index in [-0.39, 0.29) is 0 Å². The van der Waals surface area contributed by atoms with E-state index in [1.54, 1.807) is 0 Å². The number of rotatable bonds is 7. The molecule has 0 unspecified atom stereocenters. The second-order valence-corrected chi connectivity index (χ2v) is 6.37. The standard InChI is InChI=1S/C18H27N3/c1-3-5-14(6-4-2)18-20-16-11-13(12-19)7-10-17(16)21(18)15-8-9-15/h7,10-11,14-15H,3-6,8-9,12,19H2,1-2H3. The van der Waals surface area contributed by atoms with Crippen LogP contribution in [0.4, 0.5) is 0 Å². The van der Waals surface area contributed by atoms with E-state index in [2.05, 4.69) is 36.6 Å². The van der Waals surface area contributed by atoms with Crippen molar-refractivity contribution in [2.24, 2.45) is 5.73 Å². The summed E-state index contributed by atoms with van der Waals surface area (Å²) in [5, 5.41) is 0. The average molecular weight is 285 g/mol. The molecule has 1 heterocycles. The first-order valence-electron chi connectivity index (χ1n) is 8.49. The van der Waals surface area contributed by atoms with E-state index in [0.29, 0.717) is 18.5 Å². The predicted octanol–water partition coefficient (Wildman–Crippen LogP) is 4.51. The first-order valence-corrected chi connectivity index (χ1v) is 8.49. The summed E-state index contributed by atoms with van der Waals surface area (Å²) in [5.41, 5.74) is 9.40. The third-order valence-corrected chi connectivity index (χ3v) is 4.57. The zero-order chi connectivity index (χ0) is 14.8. The Hall–Kier alpha value is -1.35. The summed E-state index contributed by atoms with van der Waals surface area (Å²) in [6.07, 6.45) is 7.56. The lowest BCUT2D eigenvalue weighted by molar-refractivity contribution is 0.508. The number of nitrogens with two attached hydrogens (primary N) is 1. The van der Waals surface area contributed by atoms with Crippen LogP contribution in [0, 0.1) is 0 Å². The number of hydrogen-bond donors (Lipinski definition) is 1. The third kappa shape index (κ3) is 2.84. The van der Waals surface area contributed by atoms with Gasteiger partial charge in [-0.15, -0.1) is 0 Å². The van der Waals surface area contributed by atoms with Crippen LogP contribution in [-0.2, 0) is 6.54 Å². The molecule has 3 rings (SSSR count). The quantitative estimate of drug-likeness (QED) is 0.813. The normalized spacial score (nSPS) is 15.2. The zero-order valence-corrected chi connectivity index (χ0v) is 13.3. The lowest BCUT2D eigenvalue weighted by atomic mass is 9.97. The minimum atomic E-state index is 0.592. The molecule has 0 saturated heterocycles. The molecule has 0 spiro atoms. The molecule has 1 aliphatic carbocycles. The summed E-state index contributed by atoms with van der Waals surface area (Å²) in [5.74, 6) is 1.93. The number of benzene rings is 1. The van der Waals surface area contributed by atoms with Gasteiger partial charge in [-0.1, -0.05) is 32.8 Å². The Labute approximate surface area is 127 Å². The molecule has 21 heavy (non-hydrogen) atoms. The van der Waals surface area contributed by atoms with Gasteiger partial charge < -0.3 is 10.3 Å². The molecule has 2 aromatic rings. The molecule has 1 aromatic carbocycles. The molecule has 1 saturated carbocycles. The lowest BCUT2D eigenvalue weighted by Crippen LogP contribution is -2.08. The fourth-order valence-electron chi connectivity index (χ4n) is 3.39. The molecule has 0 radical (unpaired) electrons. The van der Waals surface area contributed by atoms with Crippen LogP contribution >= 0.6 is 0 Å². The highest BCUT2D eigenvalue weighted by Gasteiger charge is 2.30. The number of nitrogens with zero attached hydrogens (tertiary/aromatic N) is 2. The van der Waals surface area contributed by atoms with Gasteiger partial charge in [0, 0.05) is 18.5 Å². The van der Waals surface area contributed by atoms with Crippen LogP contribution in [0.15, 0.2) is 18.2 Å². The largest absolute Gasteiger partial charge is 0.326 e. The zero-order valence-electron chi connectivity index (χ0n) is 13.3. The van der Waals surface area contributed by atoms with Crippen molar-refractivity contribution in [1.29, 1.82) is 0 Å². The monoisotopic (exact) mass is 285 g/mol. The fourth-order valence-corrected chi connectivity index (χ4v) is 3.39. The number of fused-ring (bicyclic) bond motifs is 1. The van der Waals surface area contributed by atoms with Crippen LogP contribution < -0.4 is 5.73 Å². The van der Waals surface area contributed by atoms with Crippen molar-refractivity contribution in [1.82, 2.24) is 9.55 Å². The highest BCUT2D eigenvalue weighted by atomic mass is 15.1. The SMILES string of the molecule is CCCC(CCC)c1nc2cc(CN)ccc2n1C1CC1. The van der Waals surface area contributed by atoms with Gasteiger partial charge in [-0.3, -0.25) is 0 Å². The minimum absolute atomic E-state index is 0.592. The molecule has 3 heteroatoms. The third-order valence-electron chi connectivity index (χ3n) is 4.57. The van der Waals surface area contributed by atoms with Gasteiger partial charge in [0.05, 0.1) is 11.0 Å². The van der Waals surface area contributed by atoms with E-state index in [1.165, 1.54) is 55.4 Å². The predicted molar refractivity (Wildman–Crippen MR) is 88.5 cm³/mol. The van der Waals surface area contributed by atoms with Crippen molar-refractivity contribution in [2.75, 3.05) is 0 Å². The van der Waals surface area contributed by atoms with Crippen molar-refractivity contribution < 1.29 is 0 Å². The Morgan fingerprint density at radius 3 is 2.52 bits per heavy atom. The molecule has 1 aromatic heterocycles. The molecule has 0 aliphatic heterocycles. The number of aromatic nitrogens is 2. The van der Waals surface area contributed by atoms with Crippen LogP contribution in [-0.4, -0.2) is 9.55 Å². The number of imidazole rings is 1. The van der Waals surface area contributed by atoms with Gasteiger partial charge in [0.1, 0.15) is 5.82 Å². The van der Waals surface area contributed by atoms with Gasteiger partial charge >= 0.3 is 0 Å². The van der Waals surface area contributed by atoms with Crippen molar-refractivity contribution in [2.45, 2.75) is 70.9 Å². The Morgan fingerprint density at radius 2 is 1.95 bits per heavy atom. The molecule has 2 N–H and O–H groups in total. The van der Waals surface area contributed by atoms with Gasteiger partial charge in [0.25, 0.3) is 0 Å². The molecule has 3 nitrogen and oxygen atoms in total. The van der Waals surface area contributed by atoms with E-state index in [1.807, 2.05) is 0 Å². The summed E-state index contributed by atoms with van der Waals surface area (Å²) in [7, 11) is 0. The van der Waals surface area contributed by atoms with Crippen molar-refractivity contribution in [3.8, 4) is 0 Å². The van der Waals surface area contributed by atoms with Crippen molar-refractivity contribution >= 4 is 11.0 Å². The Morgan fingerprint density at radius 1 is 1.24 bits per heavy atom. The van der Waals surface area contributed by atoms with E-state index < -0.39 is 0 Å². The summed E-state index contributed by atoms with van der Waals surface area (Å²) in [6.45, 7) is 5.15. The molecule has 1 fully saturated rings. The van der Waals surface area contributed by atoms with Gasteiger partial charge in [0.2, 0.25) is 0 Å². The summed E-state index contributed by atoms with van der Waals surface area (Å²) in [4.78, 5) is 5.03. The van der Waals surface area contributed by atoms with Gasteiger partial charge in [-0.05, 0) is 43.4 Å². The molecule has 0 bridgehead atoms. The molecule has 0 amide bonds. The smallest absolute Gasteiger partial charge is 0.113 e. The summed E-state index contributed by atoms with van der Waals surface area (Å²) in [6, 6.07) is 7.24. The van der Waals surface area contributed by atoms with Crippen LogP contribution in [0.1, 0.15) is 75.7 Å². The second-order valence-electron chi connectivity index (χ2n) is 6.37. The van der Waals surface area contributed by atoms with E-state index >= 15 is 0 Å². The fraction of sp³-hybridized carbons (Fsp3) is 0.611. The first kappa shape index (κ1) is 14.6. The maximum atomic E-state index is 5.78. The van der Waals surface area contributed by atoms with Crippen molar-refractivity contribution in [3.05, 3.63) is 29.6 Å². The second kappa shape index (κ2) is 6.18.